The SMILES string of the molecule is CC(C)C[C@H](NC(=O)[C@@H](CCCN=C(N)NC(c1ccccc1)(c1ccccc1)c1ccccc1)NC(=O)[C@@H](NC(=O)OC(C)(C)C)[C@H](C)O)C(=O)O. The number of aliphatic hydroxyl groups excluding tert-OH is 1. The van der Waals surface area contributed by atoms with E-state index in [1.54, 1.807) is 20.8 Å². The van der Waals surface area contributed by atoms with Gasteiger partial charge in [0.25, 0.3) is 0 Å². The lowest BCUT2D eigenvalue weighted by Gasteiger charge is -2.37. The molecule has 0 bridgehead atoms. The number of aliphatic imine (C=N–C) groups is 1. The number of nitrogens with one attached hydrogen (secondary N) is 4. The summed E-state index contributed by atoms with van der Waals surface area (Å²) in [4.78, 5) is 56.0. The molecule has 0 aliphatic rings. The number of amides is 3. The molecule has 13 heteroatoms. The Kier molecular flexibility index (Phi) is 15.4. The number of carbonyl (C=O) groups is 4. The van der Waals surface area contributed by atoms with Crippen LogP contribution < -0.4 is 27.0 Å². The summed E-state index contributed by atoms with van der Waals surface area (Å²) in [6, 6.07) is 25.7. The van der Waals surface area contributed by atoms with Crippen molar-refractivity contribution >= 4 is 29.8 Å². The van der Waals surface area contributed by atoms with Gasteiger partial charge < -0.3 is 42.0 Å². The Labute approximate surface area is 311 Å². The molecule has 286 valence electrons. The van der Waals surface area contributed by atoms with E-state index in [0.29, 0.717) is 0 Å². The standard InChI is InChI=1S/C40H54N6O7/c1-26(2)25-32(36(50)51)44-34(48)31(43-35(49)33(27(3)47)45-38(52)53-39(4,5)6)23-16-24-42-37(41)46-40(28-17-10-7-11-18-28,29-19-12-8-13-20-29)30-21-14-9-15-22-30/h7-15,17-22,26-27,31-33,47H,16,23-25H2,1-6H3,(H,43,49)(H,44,48)(H,45,52)(H,50,51)(H3,41,42,46)/t27-,31+,32-,33-/m0/s1. The maximum atomic E-state index is 13.5. The summed E-state index contributed by atoms with van der Waals surface area (Å²) in [6.45, 7) is 10.1. The molecule has 0 fully saturated rings. The zero-order valence-electron chi connectivity index (χ0n) is 31.3. The number of carboxylic acids is 1. The van der Waals surface area contributed by atoms with Crippen LogP contribution in [0, 0.1) is 5.92 Å². The highest BCUT2D eigenvalue weighted by Gasteiger charge is 2.37. The highest BCUT2D eigenvalue weighted by Crippen LogP contribution is 2.36. The molecule has 0 saturated carbocycles. The maximum absolute atomic E-state index is 13.5. The van der Waals surface area contributed by atoms with E-state index in [0.717, 1.165) is 16.7 Å². The average molecular weight is 731 g/mol. The highest BCUT2D eigenvalue weighted by atomic mass is 16.6. The fraction of sp³-hybridized carbons (Fsp3) is 0.425. The summed E-state index contributed by atoms with van der Waals surface area (Å²) in [6.07, 6.45) is -1.85. The van der Waals surface area contributed by atoms with E-state index in [9.17, 15) is 29.4 Å². The molecular weight excluding hydrogens is 676 g/mol. The van der Waals surface area contributed by atoms with E-state index in [-0.39, 0.29) is 37.7 Å². The minimum absolute atomic E-state index is 0.0303. The van der Waals surface area contributed by atoms with Crippen LogP contribution in [0.1, 0.15) is 77.5 Å². The molecule has 0 aliphatic heterocycles. The van der Waals surface area contributed by atoms with Crippen molar-refractivity contribution in [3.8, 4) is 0 Å². The van der Waals surface area contributed by atoms with Crippen molar-refractivity contribution in [1.82, 2.24) is 21.3 Å². The number of ether oxygens (including phenoxy) is 1. The topological polar surface area (TPSA) is 204 Å². The van der Waals surface area contributed by atoms with Gasteiger partial charge in [-0.25, -0.2) is 9.59 Å². The lowest BCUT2D eigenvalue weighted by molar-refractivity contribution is -0.142. The third-order valence-electron chi connectivity index (χ3n) is 8.26. The van der Waals surface area contributed by atoms with Gasteiger partial charge >= 0.3 is 12.1 Å². The molecule has 0 aliphatic carbocycles. The van der Waals surface area contributed by atoms with E-state index >= 15 is 0 Å². The summed E-state index contributed by atoms with van der Waals surface area (Å²) in [5.74, 6) is -2.72. The largest absolute Gasteiger partial charge is 0.480 e. The predicted molar refractivity (Wildman–Crippen MR) is 204 cm³/mol. The number of carbonyl (C=O) groups excluding carboxylic acids is 3. The lowest BCUT2D eigenvalue weighted by Crippen LogP contribution is -2.58. The Morgan fingerprint density at radius 1 is 0.755 bits per heavy atom. The van der Waals surface area contributed by atoms with Gasteiger partial charge in [-0.15, -0.1) is 0 Å². The molecule has 0 spiro atoms. The second-order valence-electron chi connectivity index (χ2n) is 14.3. The van der Waals surface area contributed by atoms with Crippen molar-refractivity contribution in [3.05, 3.63) is 108 Å². The van der Waals surface area contributed by atoms with Gasteiger partial charge in [-0.3, -0.25) is 14.6 Å². The van der Waals surface area contributed by atoms with E-state index in [2.05, 4.69) is 26.3 Å². The van der Waals surface area contributed by atoms with Gasteiger partial charge in [-0.05, 0) is 69.6 Å². The molecule has 0 heterocycles. The first kappa shape index (κ1) is 42.0. The maximum Gasteiger partial charge on any atom is 0.408 e. The summed E-state index contributed by atoms with van der Waals surface area (Å²) >= 11 is 0. The molecule has 4 atom stereocenters. The van der Waals surface area contributed by atoms with Crippen LogP contribution in [0.3, 0.4) is 0 Å². The monoisotopic (exact) mass is 730 g/mol. The van der Waals surface area contributed by atoms with Gasteiger partial charge in [-0.1, -0.05) is 105 Å². The normalized spacial score (nSPS) is 14.3. The van der Waals surface area contributed by atoms with Crippen LogP contribution in [-0.4, -0.2) is 76.4 Å². The number of rotatable bonds is 17. The Morgan fingerprint density at radius 3 is 1.64 bits per heavy atom. The fourth-order valence-corrected chi connectivity index (χ4v) is 5.84. The van der Waals surface area contributed by atoms with Gasteiger partial charge in [0, 0.05) is 6.54 Å². The predicted octanol–water partition coefficient (Wildman–Crippen LogP) is 4.04. The number of benzene rings is 3. The van der Waals surface area contributed by atoms with Gasteiger partial charge in [0.05, 0.1) is 6.10 Å². The van der Waals surface area contributed by atoms with Crippen molar-refractivity contribution in [2.75, 3.05) is 6.54 Å². The molecule has 3 rings (SSSR count). The molecule has 3 amide bonds. The second-order valence-corrected chi connectivity index (χ2v) is 14.3. The molecular formula is C40H54N6O7. The average Bonchev–Trinajstić information content (AvgIpc) is 3.10. The minimum atomic E-state index is -1.47. The van der Waals surface area contributed by atoms with E-state index in [1.165, 1.54) is 6.92 Å². The van der Waals surface area contributed by atoms with E-state index < -0.39 is 59.2 Å². The lowest BCUT2D eigenvalue weighted by atomic mass is 9.77. The van der Waals surface area contributed by atoms with Crippen LogP contribution in [0.5, 0.6) is 0 Å². The number of carboxylic acid groups (broad SMARTS) is 1. The Balaban J connectivity index is 1.87. The Bertz CT molecular complexity index is 1560. The highest BCUT2D eigenvalue weighted by molar-refractivity contribution is 5.93. The first-order chi connectivity index (χ1) is 25.0. The van der Waals surface area contributed by atoms with Gasteiger partial charge in [-0.2, -0.15) is 0 Å². The van der Waals surface area contributed by atoms with Crippen LogP contribution in [0.15, 0.2) is 96.0 Å². The molecule has 0 saturated heterocycles. The van der Waals surface area contributed by atoms with Gasteiger partial charge in [0.1, 0.15) is 29.3 Å². The first-order valence-corrected chi connectivity index (χ1v) is 17.8. The van der Waals surface area contributed by atoms with Crippen molar-refractivity contribution in [3.63, 3.8) is 0 Å². The van der Waals surface area contributed by atoms with Crippen LogP contribution in [0.25, 0.3) is 0 Å². The number of hydrogen-bond acceptors (Lipinski definition) is 7. The summed E-state index contributed by atoms with van der Waals surface area (Å²) in [5, 5.41) is 31.1. The molecule has 8 N–H and O–H groups in total. The zero-order valence-corrected chi connectivity index (χ0v) is 31.3. The number of aliphatic hydroxyl groups is 1. The number of aliphatic carboxylic acids is 1. The summed E-state index contributed by atoms with van der Waals surface area (Å²) in [5.41, 5.74) is 7.59. The van der Waals surface area contributed by atoms with Gasteiger partial charge in [0.2, 0.25) is 11.8 Å². The van der Waals surface area contributed by atoms with E-state index in [4.69, 9.17) is 10.5 Å². The molecule has 0 radical (unpaired) electrons. The third-order valence-corrected chi connectivity index (χ3v) is 8.26. The molecule has 3 aromatic rings. The minimum Gasteiger partial charge on any atom is -0.480 e. The molecule has 0 unspecified atom stereocenters. The number of guanidine groups is 1. The zero-order chi connectivity index (χ0) is 39.2. The molecule has 0 aromatic heterocycles. The Hall–Kier alpha value is -5.43. The molecule has 53 heavy (non-hydrogen) atoms. The molecule has 13 nitrogen and oxygen atoms in total. The summed E-state index contributed by atoms with van der Waals surface area (Å²) in [7, 11) is 0. The van der Waals surface area contributed by atoms with Gasteiger partial charge in [0.15, 0.2) is 5.96 Å². The quantitative estimate of drug-likeness (QED) is 0.0463. The Morgan fingerprint density at radius 2 is 1.23 bits per heavy atom. The molecule has 3 aromatic carbocycles. The fourth-order valence-electron chi connectivity index (χ4n) is 5.84. The third kappa shape index (κ3) is 12.6. The number of hydrogen-bond donors (Lipinski definition) is 7. The van der Waals surface area contributed by atoms with Crippen molar-refractivity contribution < 1.29 is 34.1 Å². The van der Waals surface area contributed by atoms with Crippen molar-refractivity contribution in [2.45, 2.75) is 96.2 Å². The summed E-state index contributed by atoms with van der Waals surface area (Å²) < 4.78 is 5.24. The van der Waals surface area contributed by atoms with Crippen LogP contribution in [-0.2, 0) is 24.7 Å². The van der Waals surface area contributed by atoms with Crippen LogP contribution >= 0.6 is 0 Å². The number of alkyl carbamates (subject to hydrolysis) is 1. The van der Waals surface area contributed by atoms with E-state index in [1.807, 2.05) is 105 Å². The van der Waals surface area contributed by atoms with Crippen LogP contribution in [0.4, 0.5) is 4.79 Å². The smallest absolute Gasteiger partial charge is 0.408 e. The first-order valence-electron chi connectivity index (χ1n) is 17.8. The second kappa shape index (κ2) is 19.4. The van der Waals surface area contributed by atoms with Crippen molar-refractivity contribution in [2.24, 2.45) is 16.6 Å². The van der Waals surface area contributed by atoms with Crippen molar-refractivity contribution in [1.29, 1.82) is 0 Å². The van der Waals surface area contributed by atoms with Crippen LogP contribution in [0.2, 0.25) is 0 Å². The number of nitrogens with zero attached hydrogens (tertiary/aromatic N) is 1. The number of nitrogens with two attached hydrogens (primary N) is 1.